The molecule has 1 N–H and O–H groups in total. The Balaban J connectivity index is 2.67. The van der Waals surface area contributed by atoms with Gasteiger partial charge in [-0.3, -0.25) is 4.79 Å². The summed E-state index contributed by atoms with van der Waals surface area (Å²) in [6.45, 7) is 1.43. The van der Waals surface area contributed by atoms with Crippen molar-refractivity contribution in [2.75, 3.05) is 5.32 Å². The molecule has 1 rings (SSSR count). The highest BCUT2D eigenvalue weighted by Crippen LogP contribution is 1.95. The molecule has 4 nitrogen and oxygen atoms in total. The lowest BCUT2D eigenvalue weighted by Gasteiger charge is -1.96. The fourth-order valence-electron chi connectivity index (χ4n) is 0.545. The summed E-state index contributed by atoms with van der Waals surface area (Å²) in [5.41, 5.74) is 0. The van der Waals surface area contributed by atoms with Crippen LogP contribution < -0.4 is 5.32 Å². The standard InChI is InChI=1S/C6H7N3O/c1-5(10)9-6-2-3-7-4-8-6/h2-4H,1H3,(H,7,8,9,10). The third-order valence-corrected chi connectivity index (χ3v) is 0.886. The van der Waals surface area contributed by atoms with E-state index in [2.05, 4.69) is 15.3 Å². The molecule has 0 aliphatic rings. The molecule has 0 saturated heterocycles. The number of hydrogen-bond donors (Lipinski definition) is 1. The van der Waals surface area contributed by atoms with Gasteiger partial charge in [0.2, 0.25) is 5.91 Å². The van der Waals surface area contributed by atoms with Crippen molar-refractivity contribution in [3.63, 3.8) is 0 Å². The smallest absolute Gasteiger partial charge is 0.222 e. The molecule has 4 heteroatoms. The van der Waals surface area contributed by atoms with E-state index in [-0.39, 0.29) is 5.91 Å². The minimum atomic E-state index is -0.126. The summed E-state index contributed by atoms with van der Waals surface area (Å²) < 4.78 is 0. The van der Waals surface area contributed by atoms with Crippen LogP contribution in [0.25, 0.3) is 0 Å². The highest BCUT2D eigenvalue weighted by molar-refractivity contribution is 5.87. The molecule has 1 aromatic rings. The first-order chi connectivity index (χ1) is 4.79. The normalized spacial score (nSPS) is 8.90. The largest absolute Gasteiger partial charge is 0.311 e. The van der Waals surface area contributed by atoms with Crippen LogP contribution in [0.2, 0.25) is 0 Å². The average molecular weight is 137 g/mol. The lowest BCUT2D eigenvalue weighted by Crippen LogP contribution is -2.06. The number of carbonyl (C=O) groups is 1. The van der Waals surface area contributed by atoms with Crippen LogP contribution in [0.5, 0.6) is 0 Å². The van der Waals surface area contributed by atoms with Gasteiger partial charge in [-0.2, -0.15) is 0 Å². The molecule has 0 unspecified atom stereocenters. The van der Waals surface area contributed by atoms with Crippen LogP contribution in [0.15, 0.2) is 18.6 Å². The van der Waals surface area contributed by atoms with Crippen LogP contribution in [0.4, 0.5) is 5.82 Å². The van der Waals surface area contributed by atoms with Crippen molar-refractivity contribution in [1.82, 2.24) is 9.97 Å². The zero-order valence-electron chi connectivity index (χ0n) is 5.53. The van der Waals surface area contributed by atoms with Crippen molar-refractivity contribution < 1.29 is 4.79 Å². The second kappa shape index (κ2) is 2.91. The van der Waals surface area contributed by atoms with Gasteiger partial charge in [-0.15, -0.1) is 0 Å². The monoisotopic (exact) mass is 137 g/mol. The highest BCUT2D eigenvalue weighted by atomic mass is 16.1. The van der Waals surface area contributed by atoms with E-state index >= 15 is 0 Å². The molecule has 10 heavy (non-hydrogen) atoms. The maximum Gasteiger partial charge on any atom is 0.222 e. The van der Waals surface area contributed by atoms with Crippen molar-refractivity contribution >= 4 is 11.7 Å². The first-order valence-electron chi connectivity index (χ1n) is 2.82. The topological polar surface area (TPSA) is 54.9 Å². The first kappa shape index (κ1) is 6.67. The van der Waals surface area contributed by atoms with Gasteiger partial charge in [-0.25, -0.2) is 9.97 Å². The molecule has 0 aromatic carbocycles. The molecule has 0 bridgehead atoms. The maximum absolute atomic E-state index is 10.4. The Labute approximate surface area is 58.3 Å². The molecule has 1 heterocycles. The molecule has 0 fully saturated rings. The summed E-state index contributed by atoms with van der Waals surface area (Å²) in [4.78, 5) is 17.9. The SMILES string of the molecule is CC(=O)Nc1ccncn1. The number of amides is 1. The van der Waals surface area contributed by atoms with Gasteiger partial charge in [-0.05, 0) is 6.07 Å². The minimum Gasteiger partial charge on any atom is -0.311 e. The van der Waals surface area contributed by atoms with Gasteiger partial charge in [-0.1, -0.05) is 0 Å². The summed E-state index contributed by atoms with van der Waals surface area (Å²) in [6.07, 6.45) is 2.95. The number of aromatic nitrogens is 2. The molecule has 0 spiro atoms. The van der Waals surface area contributed by atoms with Crippen molar-refractivity contribution in [2.24, 2.45) is 0 Å². The van der Waals surface area contributed by atoms with Crippen LogP contribution in [-0.2, 0) is 4.79 Å². The molecule has 0 atom stereocenters. The maximum atomic E-state index is 10.4. The molecule has 0 aliphatic carbocycles. The zero-order chi connectivity index (χ0) is 7.40. The van der Waals surface area contributed by atoms with E-state index in [1.807, 2.05) is 0 Å². The Kier molecular flexibility index (Phi) is 1.94. The van der Waals surface area contributed by atoms with Gasteiger partial charge in [0, 0.05) is 13.1 Å². The number of hydrogen-bond acceptors (Lipinski definition) is 3. The van der Waals surface area contributed by atoms with Crippen LogP contribution >= 0.6 is 0 Å². The lowest BCUT2D eigenvalue weighted by atomic mass is 10.5. The Morgan fingerprint density at radius 3 is 3.00 bits per heavy atom. The molecule has 0 saturated carbocycles. The van der Waals surface area contributed by atoms with Crippen molar-refractivity contribution in [1.29, 1.82) is 0 Å². The van der Waals surface area contributed by atoms with Gasteiger partial charge in [0.05, 0.1) is 0 Å². The van der Waals surface area contributed by atoms with Crippen molar-refractivity contribution in [2.45, 2.75) is 6.92 Å². The Morgan fingerprint density at radius 2 is 2.50 bits per heavy atom. The minimum absolute atomic E-state index is 0.126. The predicted octanol–water partition coefficient (Wildman–Crippen LogP) is 0.435. The number of rotatable bonds is 1. The van der Waals surface area contributed by atoms with Crippen LogP contribution in [-0.4, -0.2) is 15.9 Å². The third kappa shape index (κ3) is 1.81. The average Bonchev–Trinajstić information content (AvgIpc) is 1.88. The van der Waals surface area contributed by atoms with Gasteiger partial charge in [0.1, 0.15) is 12.1 Å². The Hall–Kier alpha value is -1.45. The van der Waals surface area contributed by atoms with E-state index in [4.69, 9.17) is 0 Å². The molecular formula is C6H7N3O. The van der Waals surface area contributed by atoms with E-state index in [1.54, 1.807) is 12.3 Å². The second-order valence-corrected chi connectivity index (χ2v) is 1.78. The fraction of sp³-hybridized carbons (Fsp3) is 0.167. The molecule has 0 radical (unpaired) electrons. The van der Waals surface area contributed by atoms with Gasteiger partial charge in [0.25, 0.3) is 0 Å². The summed E-state index contributed by atoms with van der Waals surface area (Å²) in [6, 6.07) is 1.63. The Bertz CT molecular complexity index is 222. The van der Waals surface area contributed by atoms with Crippen LogP contribution in [0, 0.1) is 0 Å². The van der Waals surface area contributed by atoms with E-state index in [0.717, 1.165) is 0 Å². The molecular weight excluding hydrogens is 130 g/mol. The lowest BCUT2D eigenvalue weighted by molar-refractivity contribution is -0.114. The summed E-state index contributed by atoms with van der Waals surface area (Å²) in [7, 11) is 0. The summed E-state index contributed by atoms with van der Waals surface area (Å²) in [5, 5.41) is 2.51. The first-order valence-corrected chi connectivity index (χ1v) is 2.82. The highest BCUT2D eigenvalue weighted by Gasteiger charge is 1.92. The van der Waals surface area contributed by atoms with Gasteiger partial charge >= 0.3 is 0 Å². The third-order valence-electron chi connectivity index (χ3n) is 0.886. The van der Waals surface area contributed by atoms with Gasteiger partial charge in [0.15, 0.2) is 0 Å². The second-order valence-electron chi connectivity index (χ2n) is 1.78. The van der Waals surface area contributed by atoms with Crippen LogP contribution in [0.1, 0.15) is 6.92 Å². The van der Waals surface area contributed by atoms with Gasteiger partial charge < -0.3 is 5.32 Å². The van der Waals surface area contributed by atoms with E-state index in [0.29, 0.717) is 5.82 Å². The zero-order valence-corrected chi connectivity index (χ0v) is 5.53. The fourth-order valence-corrected chi connectivity index (χ4v) is 0.545. The predicted molar refractivity (Wildman–Crippen MR) is 36.3 cm³/mol. The van der Waals surface area contributed by atoms with Crippen LogP contribution in [0.3, 0.4) is 0 Å². The van der Waals surface area contributed by atoms with E-state index < -0.39 is 0 Å². The van der Waals surface area contributed by atoms with Crippen molar-refractivity contribution in [3.05, 3.63) is 18.6 Å². The summed E-state index contributed by atoms with van der Waals surface area (Å²) >= 11 is 0. The molecule has 0 aliphatic heterocycles. The number of carbonyl (C=O) groups excluding carboxylic acids is 1. The van der Waals surface area contributed by atoms with Crippen molar-refractivity contribution in [3.8, 4) is 0 Å². The molecule has 1 amide bonds. The summed E-state index contributed by atoms with van der Waals surface area (Å²) in [5.74, 6) is 0.404. The van der Waals surface area contributed by atoms with E-state index in [1.165, 1.54) is 13.3 Å². The Morgan fingerprint density at radius 1 is 1.70 bits per heavy atom. The number of nitrogens with one attached hydrogen (secondary N) is 1. The molecule has 1 aromatic heterocycles. The van der Waals surface area contributed by atoms with E-state index in [9.17, 15) is 4.79 Å². The quantitative estimate of drug-likeness (QED) is 0.610. The molecule has 52 valence electrons. The number of anilines is 1. The number of nitrogens with zero attached hydrogens (tertiary/aromatic N) is 2.